The lowest BCUT2D eigenvalue weighted by Crippen LogP contribution is -2.67. The number of aliphatic carboxylic acids is 2. The third-order valence-electron chi connectivity index (χ3n) is 18.7. The number of unbranched alkanes of at least 4 members (excludes halogenated alkanes) is 10. The second kappa shape index (κ2) is 48.6. The van der Waals surface area contributed by atoms with Crippen molar-refractivity contribution in [3.8, 4) is 0 Å². The fourth-order valence-corrected chi connectivity index (χ4v) is 12.9. The fourth-order valence-electron chi connectivity index (χ4n) is 12.9. The van der Waals surface area contributed by atoms with Gasteiger partial charge in [-0.05, 0) is 72.6 Å². The fraction of sp³-hybridized carbons (Fsp3) is 0.829. The molecule has 38 heteroatoms. The zero-order chi connectivity index (χ0) is 79.0. The lowest BCUT2D eigenvalue weighted by atomic mass is 9.92. The second-order valence-corrected chi connectivity index (χ2v) is 27.4. The molecule has 5 rings (SSSR count). The Kier molecular flexibility index (Phi) is 42.4. The number of hydrogen-bond acceptors (Lipinski definition) is 31. The van der Waals surface area contributed by atoms with Gasteiger partial charge in [0.2, 0.25) is 5.91 Å². The van der Waals surface area contributed by atoms with Crippen molar-refractivity contribution in [3.05, 3.63) is 56.0 Å². The molecule has 6 unspecified atom stereocenters. The molecule has 108 heavy (non-hydrogen) atoms. The van der Waals surface area contributed by atoms with Gasteiger partial charge in [0.25, 0.3) is 0 Å². The predicted octanol–water partition coefficient (Wildman–Crippen LogP) is -2.02. The number of aliphatic hydroxyl groups is 8. The highest BCUT2D eigenvalue weighted by Gasteiger charge is 2.55. The zero-order valence-electron chi connectivity index (χ0n) is 62.3. The van der Waals surface area contributed by atoms with Crippen molar-refractivity contribution >= 4 is 29.9 Å². The monoisotopic (exact) mass is 1560 g/mol. The largest absolute Gasteiger partial charge is 0.479 e. The Hall–Kier alpha value is -6.12. The molecule has 0 spiro atoms. The third-order valence-corrected chi connectivity index (χ3v) is 18.7. The van der Waals surface area contributed by atoms with Crippen molar-refractivity contribution in [2.45, 2.75) is 292 Å². The normalized spacial score (nSPS) is 29.0. The molecule has 1 aromatic heterocycles. The third kappa shape index (κ3) is 29.2. The number of aliphatic hydroxyl groups excluding tert-OH is 8. The first-order valence-corrected chi connectivity index (χ1v) is 36.6. The molecular formula is C70H121N7O31. The number of methoxy groups -OCH3 is 3. The summed E-state index contributed by atoms with van der Waals surface area (Å²) in [7, 11) is 3.81. The van der Waals surface area contributed by atoms with Crippen LogP contribution in [-0.4, -0.2) is 310 Å². The lowest BCUT2D eigenvalue weighted by Gasteiger charge is -2.47. The number of carboxylic acids is 2. The number of amides is 2. The lowest BCUT2D eigenvalue weighted by molar-refractivity contribution is -0.328. The molecule has 14 N–H and O–H groups in total. The molecular weight excluding hydrogens is 1430 g/mol. The van der Waals surface area contributed by atoms with E-state index in [2.05, 4.69) is 34.4 Å². The Bertz CT molecular complexity index is 2910. The summed E-state index contributed by atoms with van der Waals surface area (Å²) in [6.07, 6.45) is -21.5. The maximum Gasteiger partial charge on any atom is 0.407 e. The van der Waals surface area contributed by atoms with E-state index in [9.17, 15) is 89.4 Å². The van der Waals surface area contributed by atoms with Crippen molar-refractivity contribution in [3.63, 3.8) is 0 Å². The molecule has 4 saturated heterocycles. The Morgan fingerprint density at radius 1 is 0.500 bits per heavy atom. The van der Waals surface area contributed by atoms with E-state index in [0.717, 1.165) is 40.8 Å². The average Bonchev–Trinajstić information content (AvgIpc) is 0.789. The van der Waals surface area contributed by atoms with E-state index in [0.29, 0.717) is 95.2 Å². The number of rotatable bonds is 50. The van der Waals surface area contributed by atoms with Gasteiger partial charge in [-0.3, -0.25) is 9.59 Å². The van der Waals surface area contributed by atoms with Gasteiger partial charge >= 0.3 is 41.1 Å². The minimum absolute atomic E-state index is 0. The van der Waals surface area contributed by atoms with Gasteiger partial charge in [0.1, 0.15) is 92.6 Å². The molecule has 4 fully saturated rings. The van der Waals surface area contributed by atoms with Crippen molar-refractivity contribution in [2.24, 2.45) is 0 Å². The molecule has 0 aliphatic carbocycles. The molecule has 0 saturated carbocycles. The molecule has 0 bridgehead atoms. The van der Waals surface area contributed by atoms with Gasteiger partial charge in [0, 0.05) is 78.3 Å². The van der Waals surface area contributed by atoms with Gasteiger partial charge < -0.3 is 134 Å². The predicted molar refractivity (Wildman–Crippen MR) is 381 cm³/mol. The van der Waals surface area contributed by atoms with Crippen LogP contribution in [-0.2, 0) is 100 Å². The van der Waals surface area contributed by atoms with Crippen molar-refractivity contribution in [1.82, 2.24) is 35.0 Å². The number of hydrogen-bond donors (Lipinski definition) is 14. The van der Waals surface area contributed by atoms with Gasteiger partial charge in [0.05, 0.1) is 63.4 Å². The van der Waals surface area contributed by atoms with Gasteiger partial charge in [0.15, 0.2) is 24.8 Å². The van der Waals surface area contributed by atoms with Crippen LogP contribution in [0.1, 0.15) is 138 Å². The van der Waals surface area contributed by atoms with E-state index in [1.54, 1.807) is 27.7 Å². The van der Waals surface area contributed by atoms with Crippen LogP contribution >= 0.6 is 0 Å². The molecule has 1 aromatic rings. The van der Waals surface area contributed by atoms with E-state index in [1.807, 2.05) is 0 Å². The van der Waals surface area contributed by atoms with Crippen LogP contribution < -0.4 is 38.3 Å². The molecule has 622 valence electrons. The first-order valence-electron chi connectivity index (χ1n) is 36.6. The summed E-state index contributed by atoms with van der Waals surface area (Å²) in [5, 5.41) is 118. The summed E-state index contributed by atoms with van der Waals surface area (Å²) < 4.78 is 74.9. The first-order chi connectivity index (χ1) is 50.9. The van der Waals surface area contributed by atoms with Gasteiger partial charge in [-0.25, -0.2) is 42.5 Å². The van der Waals surface area contributed by atoms with E-state index >= 15 is 0 Å². The number of alkyl carbamates (subject to hydrolysis) is 1. The molecule has 38 nitrogen and oxygen atoms in total. The Balaban J connectivity index is 0.0000246. The number of esters is 1. The molecule has 4 aliphatic rings. The number of ether oxygens (including phenoxy) is 13. The summed E-state index contributed by atoms with van der Waals surface area (Å²) in [6.45, 7) is 13.7. The van der Waals surface area contributed by atoms with Crippen LogP contribution in [0.15, 0.2) is 38.9 Å². The Labute approximate surface area is 628 Å². The summed E-state index contributed by atoms with van der Waals surface area (Å²) >= 11 is 0. The number of carbonyl (C=O) groups excluding carboxylic acids is 3. The average molecular weight is 1560 g/mol. The number of carbonyl (C=O) groups is 5. The van der Waals surface area contributed by atoms with Crippen LogP contribution in [0.5, 0.6) is 0 Å². The zero-order valence-corrected chi connectivity index (χ0v) is 62.3. The van der Waals surface area contributed by atoms with E-state index in [4.69, 9.17) is 61.6 Å². The van der Waals surface area contributed by atoms with Crippen LogP contribution in [0, 0.1) is 0 Å². The standard InChI is InChI=1S/C69H117N7O31.CH4/c1-38(2)72-48-40(5)102-44(50(81)56(48)104-64-54(85)52(83)58(96-8)60(106-64)62(87)88)36-98-33-42(77)24-25-46(79)70-26-18-12-15-21-29-75-67(92)74(28-20-14-10-11-17-23-47(80)100-32-31-95-7)68(93)76(69(75)94)30-22-16-13-19-27-71-66(91)101-35-43(78)34-99-37-45-51(82)57(49(41(6)103-45)73-39(3)4)105-65-55(86)53(84)59(97-9)61(107-65)63(89)90;/h40-45,48-61,64-65,72-73,77-78,81-86H,1,3,10-37H2,2,4-9H3,(H,70,79)(H,71,91)(H,87,88)(H,89,90);1H4/t40-,41-,42?,43?,44-,45-,48+,49+,50?,51?,52+,53+,54-,55-,56-,57-,58?,59?,60+,61+,64-,65-;/m0./s1. The highest BCUT2D eigenvalue weighted by Crippen LogP contribution is 2.33. The number of nitrogens with one attached hydrogen (secondary N) is 4. The van der Waals surface area contributed by atoms with Gasteiger partial charge in [-0.2, -0.15) is 0 Å². The minimum atomic E-state index is -1.78. The number of nitrogens with zero attached hydrogens (tertiary/aromatic N) is 3. The van der Waals surface area contributed by atoms with Crippen LogP contribution in [0.25, 0.3) is 0 Å². The maximum absolute atomic E-state index is 13.9. The van der Waals surface area contributed by atoms with E-state index < -0.39 is 176 Å². The summed E-state index contributed by atoms with van der Waals surface area (Å²) in [5.41, 5.74) is -1.28. The maximum atomic E-state index is 13.9. The van der Waals surface area contributed by atoms with Crippen LogP contribution in [0.3, 0.4) is 0 Å². The molecule has 0 radical (unpaired) electrons. The molecule has 4 aliphatic heterocycles. The van der Waals surface area contributed by atoms with Crippen molar-refractivity contribution in [2.75, 3.05) is 80.7 Å². The van der Waals surface area contributed by atoms with Crippen LogP contribution in [0.4, 0.5) is 4.79 Å². The smallest absolute Gasteiger partial charge is 0.407 e. The molecule has 22 atom stereocenters. The molecule has 0 aromatic carbocycles. The Morgan fingerprint density at radius 3 is 1.32 bits per heavy atom. The quantitative estimate of drug-likeness (QED) is 0.0247. The summed E-state index contributed by atoms with van der Waals surface area (Å²) in [6, 6.07) is -1.61. The summed E-state index contributed by atoms with van der Waals surface area (Å²) in [4.78, 5) is 103. The van der Waals surface area contributed by atoms with Gasteiger partial charge in [-0.1, -0.05) is 65.5 Å². The van der Waals surface area contributed by atoms with E-state index in [-0.39, 0.29) is 97.8 Å². The minimum Gasteiger partial charge on any atom is -0.479 e. The topological polar surface area (TPSA) is 522 Å². The molecule has 5 heterocycles. The highest BCUT2D eigenvalue weighted by atomic mass is 16.7. The van der Waals surface area contributed by atoms with Crippen molar-refractivity contribution in [1.29, 1.82) is 0 Å². The van der Waals surface area contributed by atoms with Crippen LogP contribution in [0.2, 0.25) is 0 Å². The second-order valence-electron chi connectivity index (χ2n) is 27.4. The highest BCUT2D eigenvalue weighted by molar-refractivity contribution is 5.76. The number of carboxylic acid groups (broad SMARTS) is 2. The number of allylic oxidation sites excluding steroid dienone is 2. The summed E-state index contributed by atoms with van der Waals surface area (Å²) in [5.74, 6) is -3.62. The SMILES string of the molecule is C.C=C(C)N[C@@H]1[C@H](C)O[C@@H](COCC(O)CCC(=O)NCCCCCCn2c(=O)n(CCCCCCCC(=O)OCCOC)c(=O)n(CCCCCCNC(=O)OCC(O)COC[C@@H]3O[C@@H](C)[C@@H](NC(=C)C)[C@H](O[C@H]4O[C@@H](C(=O)O)C(OC)[C@H](O)[C@@H]4O)C3O)c2=O)C(O)[C@H]1O[C@H]1O[C@@H](C(=O)O)C(OC)[C@H](O)[C@@H]1O. The molecule has 2 amide bonds. The first kappa shape index (κ1) is 94.3. The van der Waals surface area contributed by atoms with Gasteiger partial charge in [-0.15, -0.1) is 0 Å². The van der Waals surface area contributed by atoms with Crippen molar-refractivity contribution < 1.29 is 137 Å². The Morgan fingerprint density at radius 2 is 0.907 bits per heavy atom. The number of aromatic nitrogens is 3. The van der Waals surface area contributed by atoms with E-state index in [1.165, 1.54) is 7.11 Å².